The molecular weight excluding hydrogens is 336 g/mol. The van der Waals surface area contributed by atoms with Crippen LogP contribution in [0.2, 0.25) is 0 Å². The number of nitrogens with zero attached hydrogens (tertiary/aromatic N) is 1. The SMILES string of the molecule is O=C(COC(=O)COc1ccccc1)NCCN1C(=O)CSC1=O. The molecule has 9 heteroatoms. The van der Waals surface area contributed by atoms with Gasteiger partial charge in [0.05, 0.1) is 5.75 Å². The highest BCUT2D eigenvalue weighted by atomic mass is 32.2. The van der Waals surface area contributed by atoms with Crippen LogP contribution in [0.15, 0.2) is 30.3 Å². The molecule has 1 aliphatic rings. The largest absolute Gasteiger partial charge is 0.482 e. The van der Waals surface area contributed by atoms with E-state index in [1.165, 1.54) is 0 Å². The number of hydrogen-bond acceptors (Lipinski definition) is 7. The lowest BCUT2D eigenvalue weighted by Crippen LogP contribution is -2.39. The van der Waals surface area contributed by atoms with Gasteiger partial charge in [-0.25, -0.2) is 4.79 Å². The van der Waals surface area contributed by atoms with Crippen molar-refractivity contribution >= 4 is 34.8 Å². The maximum Gasteiger partial charge on any atom is 0.344 e. The van der Waals surface area contributed by atoms with E-state index in [-0.39, 0.29) is 36.6 Å². The van der Waals surface area contributed by atoms with Crippen LogP contribution in [0.1, 0.15) is 0 Å². The first kappa shape index (κ1) is 17.8. The van der Waals surface area contributed by atoms with Crippen molar-refractivity contribution in [3.8, 4) is 5.75 Å². The second-order valence-corrected chi connectivity index (χ2v) is 5.64. The van der Waals surface area contributed by atoms with Crippen LogP contribution in [0, 0.1) is 0 Å². The Bertz CT molecular complexity index is 606. The van der Waals surface area contributed by atoms with Gasteiger partial charge in [0.15, 0.2) is 13.2 Å². The second kappa shape index (κ2) is 8.92. The molecule has 8 nitrogen and oxygen atoms in total. The molecule has 1 saturated heterocycles. The molecular formula is C15H16N2O6S. The van der Waals surface area contributed by atoms with E-state index in [9.17, 15) is 19.2 Å². The van der Waals surface area contributed by atoms with Crippen molar-refractivity contribution in [2.45, 2.75) is 0 Å². The lowest BCUT2D eigenvalue weighted by molar-refractivity contribution is -0.150. The standard InChI is InChI=1S/C15H16N2O6S/c18-12(16-6-7-17-13(19)10-24-15(17)21)8-23-14(20)9-22-11-4-2-1-3-5-11/h1-5H,6-10H2,(H,16,18). The lowest BCUT2D eigenvalue weighted by Gasteiger charge is -2.13. The number of thioether (sulfide) groups is 1. The predicted octanol–water partition coefficient (Wildman–Crippen LogP) is 0.420. The van der Waals surface area contributed by atoms with Gasteiger partial charge in [0.2, 0.25) is 5.91 Å². The Morgan fingerprint density at radius 2 is 1.92 bits per heavy atom. The molecule has 128 valence electrons. The quantitative estimate of drug-likeness (QED) is 0.677. The average Bonchev–Trinajstić information content (AvgIpc) is 2.91. The van der Waals surface area contributed by atoms with Crippen molar-refractivity contribution in [3.63, 3.8) is 0 Å². The van der Waals surface area contributed by atoms with Crippen LogP contribution in [0.3, 0.4) is 0 Å². The van der Waals surface area contributed by atoms with Gasteiger partial charge in [0.25, 0.3) is 11.1 Å². The van der Waals surface area contributed by atoms with E-state index >= 15 is 0 Å². The van der Waals surface area contributed by atoms with Crippen LogP contribution in [0.4, 0.5) is 4.79 Å². The summed E-state index contributed by atoms with van der Waals surface area (Å²) in [5.41, 5.74) is 0. The fourth-order valence-corrected chi connectivity index (χ4v) is 2.55. The van der Waals surface area contributed by atoms with E-state index in [0.29, 0.717) is 5.75 Å². The molecule has 24 heavy (non-hydrogen) atoms. The molecule has 0 atom stereocenters. The number of benzene rings is 1. The normalized spacial score (nSPS) is 13.8. The van der Waals surface area contributed by atoms with Crippen molar-refractivity contribution in [3.05, 3.63) is 30.3 Å². The predicted molar refractivity (Wildman–Crippen MR) is 85.5 cm³/mol. The van der Waals surface area contributed by atoms with E-state index in [4.69, 9.17) is 9.47 Å². The summed E-state index contributed by atoms with van der Waals surface area (Å²) in [4.78, 5) is 46.8. The summed E-state index contributed by atoms with van der Waals surface area (Å²) in [6.45, 7) is -0.546. The van der Waals surface area contributed by atoms with Crippen molar-refractivity contribution < 1.29 is 28.7 Å². The Balaban J connectivity index is 1.58. The Kier molecular flexibility index (Phi) is 6.62. The monoisotopic (exact) mass is 352 g/mol. The van der Waals surface area contributed by atoms with Crippen molar-refractivity contribution in [1.82, 2.24) is 10.2 Å². The number of carbonyl (C=O) groups excluding carboxylic acids is 4. The Labute approximate surface area is 142 Å². The summed E-state index contributed by atoms with van der Waals surface area (Å²) in [7, 11) is 0. The molecule has 0 aromatic heterocycles. The molecule has 2 rings (SSSR count). The molecule has 0 radical (unpaired) electrons. The number of imide groups is 1. The number of rotatable bonds is 8. The Hall–Kier alpha value is -2.55. The molecule has 0 spiro atoms. The zero-order valence-electron chi connectivity index (χ0n) is 12.7. The topological polar surface area (TPSA) is 102 Å². The van der Waals surface area contributed by atoms with Crippen molar-refractivity contribution in [2.24, 2.45) is 0 Å². The third kappa shape index (κ3) is 5.58. The van der Waals surface area contributed by atoms with Gasteiger partial charge in [-0.2, -0.15) is 0 Å². The minimum atomic E-state index is -0.671. The maximum atomic E-state index is 11.5. The molecule has 0 unspecified atom stereocenters. The molecule has 1 aromatic rings. The molecule has 3 amide bonds. The summed E-state index contributed by atoms with van der Waals surface area (Å²) in [6, 6.07) is 8.74. The number of esters is 1. The van der Waals surface area contributed by atoms with E-state index in [2.05, 4.69) is 5.32 Å². The van der Waals surface area contributed by atoms with Gasteiger partial charge >= 0.3 is 5.97 Å². The fraction of sp³-hybridized carbons (Fsp3) is 0.333. The van der Waals surface area contributed by atoms with E-state index in [1.807, 2.05) is 6.07 Å². The summed E-state index contributed by atoms with van der Waals surface area (Å²) in [5, 5.41) is 2.15. The van der Waals surface area contributed by atoms with Crippen LogP contribution >= 0.6 is 11.8 Å². The van der Waals surface area contributed by atoms with Crippen LogP contribution in [0.25, 0.3) is 0 Å². The molecule has 1 aromatic carbocycles. The Morgan fingerprint density at radius 1 is 1.17 bits per heavy atom. The molecule has 0 aliphatic carbocycles. The third-order valence-corrected chi connectivity index (χ3v) is 3.82. The van der Waals surface area contributed by atoms with E-state index in [1.54, 1.807) is 24.3 Å². The number of carbonyl (C=O) groups is 4. The number of ether oxygens (including phenoxy) is 2. The van der Waals surface area contributed by atoms with Gasteiger partial charge in [-0.3, -0.25) is 19.3 Å². The highest BCUT2D eigenvalue weighted by Gasteiger charge is 2.29. The number of nitrogens with one attached hydrogen (secondary N) is 1. The Morgan fingerprint density at radius 3 is 2.58 bits per heavy atom. The van der Waals surface area contributed by atoms with Gasteiger partial charge in [-0.1, -0.05) is 30.0 Å². The summed E-state index contributed by atoms with van der Waals surface area (Å²) in [6.07, 6.45) is 0. The number of amides is 3. The van der Waals surface area contributed by atoms with Crippen LogP contribution in [0.5, 0.6) is 5.75 Å². The summed E-state index contributed by atoms with van der Waals surface area (Å²) in [5.74, 6) is -0.809. The first-order valence-corrected chi connectivity index (χ1v) is 8.12. The zero-order valence-corrected chi connectivity index (χ0v) is 13.5. The molecule has 1 fully saturated rings. The smallest absolute Gasteiger partial charge is 0.344 e. The maximum absolute atomic E-state index is 11.5. The van der Waals surface area contributed by atoms with Crippen LogP contribution < -0.4 is 10.1 Å². The fourth-order valence-electron chi connectivity index (χ4n) is 1.80. The minimum Gasteiger partial charge on any atom is -0.482 e. The first-order valence-electron chi connectivity index (χ1n) is 7.13. The lowest BCUT2D eigenvalue weighted by atomic mass is 10.3. The van der Waals surface area contributed by atoms with Crippen molar-refractivity contribution in [1.29, 1.82) is 0 Å². The number of hydrogen-bond donors (Lipinski definition) is 1. The third-order valence-electron chi connectivity index (χ3n) is 2.96. The zero-order chi connectivity index (χ0) is 17.4. The highest BCUT2D eigenvalue weighted by Crippen LogP contribution is 2.17. The molecule has 0 bridgehead atoms. The summed E-state index contributed by atoms with van der Waals surface area (Å²) >= 11 is 0.932. The van der Waals surface area contributed by atoms with Crippen LogP contribution in [-0.4, -0.2) is 60.0 Å². The van der Waals surface area contributed by atoms with Gasteiger partial charge in [-0.05, 0) is 12.1 Å². The van der Waals surface area contributed by atoms with E-state index < -0.39 is 18.5 Å². The van der Waals surface area contributed by atoms with Gasteiger partial charge < -0.3 is 14.8 Å². The van der Waals surface area contributed by atoms with Gasteiger partial charge in [0.1, 0.15) is 5.75 Å². The van der Waals surface area contributed by atoms with Gasteiger partial charge in [-0.15, -0.1) is 0 Å². The average molecular weight is 352 g/mol. The highest BCUT2D eigenvalue weighted by molar-refractivity contribution is 8.14. The molecule has 1 N–H and O–H groups in total. The second-order valence-electron chi connectivity index (χ2n) is 4.71. The number of para-hydroxylation sites is 1. The summed E-state index contributed by atoms with van der Waals surface area (Å²) < 4.78 is 9.94. The van der Waals surface area contributed by atoms with Crippen molar-refractivity contribution in [2.75, 3.05) is 32.1 Å². The molecule has 1 heterocycles. The van der Waals surface area contributed by atoms with Gasteiger partial charge in [0, 0.05) is 13.1 Å². The van der Waals surface area contributed by atoms with Crippen LogP contribution in [-0.2, 0) is 19.1 Å². The first-order chi connectivity index (χ1) is 11.6. The molecule has 1 aliphatic heterocycles. The minimum absolute atomic E-state index is 0.0987. The molecule has 0 saturated carbocycles. The van der Waals surface area contributed by atoms with E-state index in [0.717, 1.165) is 16.7 Å².